The smallest absolute Gasteiger partial charge is 0.264 e. The van der Waals surface area contributed by atoms with E-state index in [4.69, 9.17) is 23.2 Å². The van der Waals surface area contributed by atoms with Gasteiger partial charge in [-0.05, 0) is 67.3 Å². The number of nitrogens with zero attached hydrogens (tertiary/aromatic N) is 2. The molecule has 208 valence electrons. The highest BCUT2D eigenvalue weighted by molar-refractivity contribution is 7.92. The van der Waals surface area contributed by atoms with Gasteiger partial charge in [0.2, 0.25) is 11.8 Å². The van der Waals surface area contributed by atoms with Gasteiger partial charge in [-0.3, -0.25) is 13.9 Å². The number of rotatable bonds is 12. The fourth-order valence-corrected chi connectivity index (χ4v) is 6.05. The summed E-state index contributed by atoms with van der Waals surface area (Å²) in [6.07, 6.45) is 1.05. The molecule has 39 heavy (non-hydrogen) atoms. The fourth-order valence-electron chi connectivity index (χ4n) is 4.15. The van der Waals surface area contributed by atoms with Crippen molar-refractivity contribution in [3.8, 4) is 0 Å². The van der Waals surface area contributed by atoms with Gasteiger partial charge in [-0.1, -0.05) is 73.4 Å². The Morgan fingerprint density at radius 1 is 0.949 bits per heavy atom. The Morgan fingerprint density at radius 2 is 1.67 bits per heavy atom. The Labute approximate surface area is 240 Å². The zero-order valence-electron chi connectivity index (χ0n) is 22.2. The second kappa shape index (κ2) is 13.8. The van der Waals surface area contributed by atoms with Gasteiger partial charge in [0.25, 0.3) is 10.0 Å². The number of nitrogens with one attached hydrogen (secondary N) is 1. The Kier molecular flexibility index (Phi) is 10.8. The first kappa shape index (κ1) is 30.5. The quantitative estimate of drug-likeness (QED) is 0.288. The van der Waals surface area contributed by atoms with Gasteiger partial charge in [0.1, 0.15) is 12.6 Å². The van der Waals surface area contributed by atoms with Gasteiger partial charge < -0.3 is 10.2 Å². The van der Waals surface area contributed by atoms with Crippen molar-refractivity contribution in [1.82, 2.24) is 10.2 Å². The van der Waals surface area contributed by atoms with Crippen LogP contribution in [0.1, 0.15) is 37.8 Å². The number of halogens is 2. The summed E-state index contributed by atoms with van der Waals surface area (Å²) in [5.41, 5.74) is 1.77. The highest BCUT2D eigenvalue weighted by Crippen LogP contribution is 2.27. The predicted molar refractivity (Wildman–Crippen MR) is 157 cm³/mol. The van der Waals surface area contributed by atoms with Crippen LogP contribution in [0.15, 0.2) is 77.7 Å². The number of aryl methyl sites for hydroxylation is 1. The van der Waals surface area contributed by atoms with Crippen LogP contribution >= 0.6 is 23.2 Å². The zero-order chi connectivity index (χ0) is 28.6. The van der Waals surface area contributed by atoms with Crippen molar-refractivity contribution >= 4 is 50.7 Å². The average molecular weight is 591 g/mol. The lowest BCUT2D eigenvalue weighted by Gasteiger charge is -2.33. The summed E-state index contributed by atoms with van der Waals surface area (Å²) in [4.78, 5) is 28.6. The minimum absolute atomic E-state index is 0.0000702. The lowest BCUT2D eigenvalue weighted by molar-refractivity contribution is -0.140. The van der Waals surface area contributed by atoms with E-state index in [9.17, 15) is 18.0 Å². The monoisotopic (exact) mass is 589 g/mol. The molecule has 10 heteroatoms. The highest BCUT2D eigenvalue weighted by atomic mass is 35.5. The topological polar surface area (TPSA) is 86.8 Å². The highest BCUT2D eigenvalue weighted by Gasteiger charge is 2.33. The molecule has 0 fully saturated rings. The van der Waals surface area contributed by atoms with Crippen LogP contribution < -0.4 is 9.62 Å². The van der Waals surface area contributed by atoms with Crippen LogP contribution in [-0.2, 0) is 26.2 Å². The van der Waals surface area contributed by atoms with Gasteiger partial charge in [0.05, 0.1) is 10.6 Å². The second-order valence-electron chi connectivity index (χ2n) is 9.14. The minimum Gasteiger partial charge on any atom is -0.354 e. The van der Waals surface area contributed by atoms with Gasteiger partial charge in [-0.15, -0.1) is 0 Å². The molecule has 1 unspecified atom stereocenters. The maximum atomic E-state index is 14.0. The van der Waals surface area contributed by atoms with Crippen LogP contribution in [0.3, 0.4) is 0 Å². The van der Waals surface area contributed by atoms with Crippen molar-refractivity contribution in [1.29, 1.82) is 0 Å². The second-order valence-corrected chi connectivity index (χ2v) is 11.8. The molecule has 3 aromatic carbocycles. The zero-order valence-corrected chi connectivity index (χ0v) is 24.6. The maximum absolute atomic E-state index is 14.0. The summed E-state index contributed by atoms with van der Waals surface area (Å²) in [6.45, 7) is 5.53. The summed E-state index contributed by atoms with van der Waals surface area (Å²) in [6, 6.07) is 19.0. The molecule has 3 aromatic rings. The van der Waals surface area contributed by atoms with E-state index in [0.717, 1.165) is 16.3 Å². The molecule has 0 heterocycles. The van der Waals surface area contributed by atoms with Crippen LogP contribution in [0.4, 0.5) is 5.69 Å². The first-order valence-corrected chi connectivity index (χ1v) is 14.9. The molecule has 0 aliphatic carbocycles. The number of amides is 2. The lowest BCUT2D eigenvalue weighted by atomic mass is 10.1. The molecule has 0 bridgehead atoms. The molecule has 2 amide bonds. The summed E-state index contributed by atoms with van der Waals surface area (Å²) in [7, 11) is -4.11. The van der Waals surface area contributed by atoms with Crippen molar-refractivity contribution in [2.24, 2.45) is 0 Å². The molecule has 0 saturated heterocycles. The van der Waals surface area contributed by atoms with Gasteiger partial charge in [-0.2, -0.15) is 0 Å². The number of benzene rings is 3. The van der Waals surface area contributed by atoms with Gasteiger partial charge in [0.15, 0.2) is 0 Å². The van der Waals surface area contributed by atoms with Crippen molar-refractivity contribution in [2.45, 2.75) is 51.1 Å². The molecule has 1 N–H and O–H groups in total. The van der Waals surface area contributed by atoms with E-state index in [1.165, 1.54) is 17.0 Å². The van der Waals surface area contributed by atoms with Crippen LogP contribution in [-0.4, -0.2) is 44.3 Å². The van der Waals surface area contributed by atoms with E-state index in [0.29, 0.717) is 34.3 Å². The number of carbonyl (C=O) groups is 2. The molecule has 0 aromatic heterocycles. The van der Waals surface area contributed by atoms with Crippen molar-refractivity contribution in [2.75, 3.05) is 17.4 Å². The van der Waals surface area contributed by atoms with Crippen LogP contribution in [0.2, 0.25) is 10.0 Å². The van der Waals surface area contributed by atoms with Crippen LogP contribution in [0.5, 0.6) is 0 Å². The van der Waals surface area contributed by atoms with E-state index >= 15 is 0 Å². The third kappa shape index (κ3) is 7.75. The maximum Gasteiger partial charge on any atom is 0.264 e. The largest absolute Gasteiger partial charge is 0.354 e. The van der Waals surface area contributed by atoms with E-state index in [2.05, 4.69) is 5.32 Å². The Morgan fingerprint density at radius 3 is 2.28 bits per heavy atom. The number of hydrogen-bond donors (Lipinski definition) is 1. The minimum atomic E-state index is -4.11. The van der Waals surface area contributed by atoms with Crippen molar-refractivity contribution in [3.05, 3.63) is 94.0 Å². The normalized spacial score (nSPS) is 12.0. The molecule has 0 saturated carbocycles. The Hall–Kier alpha value is -3.07. The third-order valence-corrected chi connectivity index (χ3v) is 8.57. The molecule has 1 atom stereocenters. The lowest BCUT2D eigenvalue weighted by Crippen LogP contribution is -2.52. The molecular weight excluding hydrogens is 557 g/mol. The Bertz CT molecular complexity index is 1400. The van der Waals surface area contributed by atoms with Gasteiger partial charge >= 0.3 is 0 Å². The van der Waals surface area contributed by atoms with Gasteiger partial charge in [0, 0.05) is 23.1 Å². The van der Waals surface area contributed by atoms with Crippen LogP contribution in [0.25, 0.3) is 0 Å². The molecule has 0 spiro atoms. The molecular formula is C29H33Cl2N3O4S. The van der Waals surface area contributed by atoms with Crippen LogP contribution in [0, 0.1) is 6.92 Å². The SMILES string of the molecule is CCCNC(=O)C(CC)N(Cc1ccc(Cl)cc1Cl)C(=O)CN(c1cccc(C)c1)S(=O)(=O)c1ccccc1. The summed E-state index contributed by atoms with van der Waals surface area (Å²) >= 11 is 12.5. The number of sulfonamides is 1. The van der Waals surface area contributed by atoms with E-state index in [1.807, 2.05) is 19.9 Å². The standard InChI is InChI=1S/C29H33Cl2N3O4S/c1-4-16-32-29(36)27(5-2)33(19-22-14-15-23(30)18-26(22)31)28(35)20-34(24-11-9-10-21(3)17-24)39(37,38)25-12-7-6-8-13-25/h6-15,17-18,27H,4-5,16,19-20H2,1-3H3,(H,32,36). The molecule has 3 rings (SSSR count). The third-order valence-electron chi connectivity index (χ3n) is 6.19. The molecule has 0 aliphatic heterocycles. The van der Waals surface area contributed by atoms with E-state index < -0.39 is 28.5 Å². The number of carbonyl (C=O) groups excluding carboxylic acids is 2. The first-order valence-electron chi connectivity index (χ1n) is 12.7. The first-order chi connectivity index (χ1) is 18.6. The van der Waals surface area contributed by atoms with Crippen molar-refractivity contribution < 1.29 is 18.0 Å². The number of hydrogen-bond acceptors (Lipinski definition) is 4. The predicted octanol–water partition coefficient (Wildman–Crippen LogP) is 5.83. The number of anilines is 1. The summed E-state index contributed by atoms with van der Waals surface area (Å²) in [5.74, 6) is -0.855. The summed E-state index contributed by atoms with van der Waals surface area (Å²) < 4.78 is 28.7. The molecule has 7 nitrogen and oxygen atoms in total. The molecule has 0 radical (unpaired) electrons. The Balaban J connectivity index is 2.06. The molecule has 0 aliphatic rings. The fraction of sp³-hybridized carbons (Fsp3) is 0.310. The average Bonchev–Trinajstić information content (AvgIpc) is 2.91. The van der Waals surface area contributed by atoms with Gasteiger partial charge in [-0.25, -0.2) is 8.42 Å². The van der Waals surface area contributed by atoms with Crippen molar-refractivity contribution in [3.63, 3.8) is 0 Å². The van der Waals surface area contributed by atoms with E-state index in [-0.39, 0.29) is 17.3 Å². The van der Waals surface area contributed by atoms with E-state index in [1.54, 1.807) is 61.5 Å². The summed E-state index contributed by atoms with van der Waals surface area (Å²) in [5, 5.41) is 3.64.